The number of halogens is 1. The Morgan fingerprint density at radius 1 is 1.46 bits per heavy atom. The van der Waals surface area contributed by atoms with Crippen molar-refractivity contribution in [1.82, 2.24) is 0 Å². The maximum atomic E-state index is 11.0. The molecule has 0 aliphatic rings. The van der Waals surface area contributed by atoms with Crippen LogP contribution in [0.2, 0.25) is 0 Å². The number of alkyl halides is 1. The lowest BCUT2D eigenvalue weighted by Crippen LogP contribution is -2.13. The van der Waals surface area contributed by atoms with Gasteiger partial charge in [0.2, 0.25) is 5.91 Å². The molecule has 4 heteroatoms. The Labute approximate surface area is 87.7 Å². The van der Waals surface area contributed by atoms with E-state index in [2.05, 4.69) is 17.9 Å². The number of rotatable bonds is 3. The lowest BCUT2D eigenvalue weighted by Gasteiger charge is -2.07. The predicted octanol–water partition coefficient (Wildman–Crippen LogP) is 2.29. The fourth-order valence-corrected chi connectivity index (χ4v) is 1.31. The summed E-state index contributed by atoms with van der Waals surface area (Å²) >= 11 is 9.51. The molecule has 0 aliphatic heterocycles. The van der Waals surface area contributed by atoms with E-state index in [0.29, 0.717) is 5.75 Å². The Morgan fingerprint density at radius 3 is 2.77 bits per heavy atom. The van der Waals surface area contributed by atoms with Crippen LogP contribution >= 0.6 is 24.2 Å². The van der Waals surface area contributed by atoms with Gasteiger partial charge in [-0.15, -0.1) is 11.6 Å². The van der Waals surface area contributed by atoms with Gasteiger partial charge in [-0.3, -0.25) is 4.79 Å². The van der Waals surface area contributed by atoms with Crippen LogP contribution in [0.4, 0.5) is 5.69 Å². The van der Waals surface area contributed by atoms with Gasteiger partial charge >= 0.3 is 0 Å². The topological polar surface area (TPSA) is 29.1 Å². The number of hydrogen-bond acceptors (Lipinski definition) is 2. The summed E-state index contributed by atoms with van der Waals surface area (Å²) in [5, 5.41) is 2.69. The highest BCUT2D eigenvalue weighted by Gasteiger charge is 2.03. The van der Waals surface area contributed by atoms with Crippen molar-refractivity contribution >= 4 is 35.8 Å². The monoisotopic (exact) mass is 215 g/mol. The number of carbonyl (C=O) groups excluding carboxylic acids is 1. The van der Waals surface area contributed by atoms with Crippen molar-refractivity contribution in [3.05, 3.63) is 29.8 Å². The normalized spacial score (nSPS) is 9.69. The summed E-state index contributed by atoms with van der Waals surface area (Å²) in [7, 11) is 0. The summed E-state index contributed by atoms with van der Waals surface area (Å²) in [5.41, 5.74) is 1.77. The molecule has 0 radical (unpaired) electrons. The fraction of sp³-hybridized carbons (Fsp3) is 0.222. The van der Waals surface area contributed by atoms with E-state index in [4.69, 9.17) is 11.6 Å². The van der Waals surface area contributed by atoms with Crippen LogP contribution in [0.5, 0.6) is 0 Å². The van der Waals surface area contributed by atoms with Crippen molar-refractivity contribution in [2.24, 2.45) is 0 Å². The molecule has 0 fully saturated rings. The van der Waals surface area contributed by atoms with Crippen LogP contribution in [0.3, 0.4) is 0 Å². The molecule has 0 heterocycles. The van der Waals surface area contributed by atoms with E-state index in [1.54, 1.807) is 0 Å². The molecule has 0 unspecified atom stereocenters. The van der Waals surface area contributed by atoms with E-state index < -0.39 is 0 Å². The number of amides is 1. The largest absolute Gasteiger partial charge is 0.325 e. The molecular weight excluding hydrogens is 206 g/mol. The third kappa shape index (κ3) is 2.94. The second-order valence-electron chi connectivity index (χ2n) is 2.50. The Bertz CT molecular complexity index is 303. The Hall–Kier alpha value is -0.670. The number of anilines is 1. The highest BCUT2D eigenvalue weighted by molar-refractivity contribution is 7.79. The zero-order valence-electron chi connectivity index (χ0n) is 6.96. The predicted molar refractivity (Wildman–Crippen MR) is 58.5 cm³/mol. The second-order valence-corrected chi connectivity index (χ2v) is 3.08. The molecule has 1 rings (SSSR count). The van der Waals surface area contributed by atoms with Crippen LogP contribution in [0.15, 0.2) is 24.3 Å². The zero-order chi connectivity index (χ0) is 9.68. The van der Waals surface area contributed by atoms with Gasteiger partial charge in [-0.1, -0.05) is 18.2 Å². The molecule has 2 nitrogen and oxygen atoms in total. The standard InChI is InChI=1S/C9H10ClNOS/c10-5-9(12)11-8-4-2-1-3-7(8)6-13/h1-4,13H,5-6H2,(H,11,12). The molecule has 1 aromatic rings. The summed E-state index contributed by atoms with van der Waals surface area (Å²) < 4.78 is 0. The van der Waals surface area contributed by atoms with E-state index in [0.717, 1.165) is 11.3 Å². The first-order chi connectivity index (χ1) is 6.27. The molecule has 0 aromatic heterocycles. The molecule has 13 heavy (non-hydrogen) atoms. The van der Waals surface area contributed by atoms with Gasteiger partial charge in [0.1, 0.15) is 5.88 Å². The minimum absolute atomic E-state index is 0.0269. The lowest BCUT2D eigenvalue weighted by atomic mass is 10.2. The molecule has 0 saturated carbocycles. The van der Waals surface area contributed by atoms with Gasteiger partial charge < -0.3 is 5.32 Å². The van der Waals surface area contributed by atoms with Gasteiger partial charge in [-0.25, -0.2) is 0 Å². The molecular formula is C9H10ClNOS. The Morgan fingerprint density at radius 2 is 2.15 bits per heavy atom. The highest BCUT2D eigenvalue weighted by Crippen LogP contribution is 2.16. The van der Waals surface area contributed by atoms with E-state index in [1.165, 1.54) is 0 Å². The molecule has 0 saturated heterocycles. The molecule has 0 aliphatic carbocycles. The van der Waals surface area contributed by atoms with Crippen molar-refractivity contribution < 1.29 is 4.79 Å². The fourth-order valence-electron chi connectivity index (χ4n) is 0.964. The first-order valence-electron chi connectivity index (χ1n) is 3.82. The van der Waals surface area contributed by atoms with Gasteiger partial charge in [0.15, 0.2) is 0 Å². The molecule has 70 valence electrons. The van der Waals surface area contributed by atoms with E-state index in [1.807, 2.05) is 24.3 Å². The van der Waals surface area contributed by atoms with Gasteiger partial charge in [0.25, 0.3) is 0 Å². The Balaban J connectivity index is 2.81. The van der Waals surface area contributed by atoms with Crippen LogP contribution in [0.1, 0.15) is 5.56 Å². The van der Waals surface area contributed by atoms with Gasteiger partial charge in [-0.2, -0.15) is 12.6 Å². The molecule has 1 N–H and O–H groups in total. The van der Waals surface area contributed by atoms with Crippen LogP contribution < -0.4 is 5.32 Å². The summed E-state index contributed by atoms with van der Waals surface area (Å²) in [6, 6.07) is 7.51. The first kappa shape index (κ1) is 10.4. The van der Waals surface area contributed by atoms with Crippen LogP contribution in [-0.2, 0) is 10.5 Å². The molecule has 0 atom stereocenters. The third-order valence-electron chi connectivity index (χ3n) is 1.58. The van der Waals surface area contributed by atoms with Crippen molar-refractivity contribution in [1.29, 1.82) is 0 Å². The molecule has 0 spiro atoms. The second kappa shape index (κ2) is 5.14. The maximum Gasteiger partial charge on any atom is 0.239 e. The maximum absolute atomic E-state index is 11.0. The number of hydrogen-bond donors (Lipinski definition) is 2. The SMILES string of the molecule is O=C(CCl)Nc1ccccc1CS. The smallest absolute Gasteiger partial charge is 0.239 e. The average Bonchev–Trinajstić information content (AvgIpc) is 2.18. The summed E-state index contributed by atoms with van der Waals surface area (Å²) in [5.74, 6) is 0.371. The number of thiol groups is 1. The minimum atomic E-state index is -0.198. The van der Waals surface area contributed by atoms with Crippen LogP contribution in [0, 0.1) is 0 Å². The van der Waals surface area contributed by atoms with Crippen LogP contribution in [0.25, 0.3) is 0 Å². The summed E-state index contributed by atoms with van der Waals surface area (Å²) in [4.78, 5) is 11.0. The molecule has 1 amide bonds. The highest BCUT2D eigenvalue weighted by atomic mass is 35.5. The number of para-hydroxylation sites is 1. The molecule has 1 aromatic carbocycles. The number of nitrogens with one attached hydrogen (secondary N) is 1. The van der Waals surface area contributed by atoms with Crippen molar-refractivity contribution in [3.63, 3.8) is 0 Å². The average molecular weight is 216 g/mol. The van der Waals surface area contributed by atoms with E-state index in [9.17, 15) is 4.79 Å². The van der Waals surface area contributed by atoms with E-state index >= 15 is 0 Å². The van der Waals surface area contributed by atoms with Crippen LogP contribution in [-0.4, -0.2) is 11.8 Å². The summed E-state index contributed by atoms with van der Waals surface area (Å²) in [6.07, 6.45) is 0. The zero-order valence-corrected chi connectivity index (χ0v) is 8.61. The van der Waals surface area contributed by atoms with Gasteiger partial charge in [0, 0.05) is 11.4 Å². The van der Waals surface area contributed by atoms with E-state index in [-0.39, 0.29) is 11.8 Å². The summed E-state index contributed by atoms with van der Waals surface area (Å²) in [6.45, 7) is 0. The first-order valence-corrected chi connectivity index (χ1v) is 4.99. The van der Waals surface area contributed by atoms with Gasteiger partial charge in [0.05, 0.1) is 0 Å². The third-order valence-corrected chi connectivity index (χ3v) is 2.17. The van der Waals surface area contributed by atoms with Crippen molar-refractivity contribution in [2.75, 3.05) is 11.2 Å². The minimum Gasteiger partial charge on any atom is -0.325 e. The number of carbonyl (C=O) groups is 1. The molecule has 0 bridgehead atoms. The Kier molecular flexibility index (Phi) is 4.12. The lowest BCUT2D eigenvalue weighted by molar-refractivity contribution is -0.113. The number of benzene rings is 1. The van der Waals surface area contributed by atoms with Crippen molar-refractivity contribution in [2.45, 2.75) is 5.75 Å². The van der Waals surface area contributed by atoms with Crippen molar-refractivity contribution in [3.8, 4) is 0 Å². The quantitative estimate of drug-likeness (QED) is 0.588. The van der Waals surface area contributed by atoms with Gasteiger partial charge in [-0.05, 0) is 11.6 Å².